The van der Waals surface area contributed by atoms with E-state index in [0.717, 1.165) is 29.6 Å². The molecule has 0 saturated carbocycles. The van der Waals surface area contributed by atoms with Crippen molar-refractivity contribution in [2.24, 2.45) is 5.73 Å². The van der Waals surface area contributed by atoms with Crippen LogP contribution in [0.4, 0.5) is 0 Å². The summed E-state index contributed by atoms with van der Waals surface area (Å²) in [7, 11) is 0. The molecule has 2 aromatic rings. The van der Waals surface area contributed by atoms with Crippen molar-refractivity contribution in [3.05, 3.63) is 23.5 Å². The molecular formula is C17H29Cl2N5O. The van der Waals surface area contributed by atoms with Crippen LogP contribution in [0.5, 0.6) is 0 Å². The Labute approximate surface area is 161 Å². The minimum atomic E-state index is -0.362. The zero-order valence-corrected chi connectivity index (χ0v) is 17.1. The van der Waals surface area contributed by atoms with Gasteiger partial charge in [-0.3, -0.25) is 4.79 Å². The van der Waals surface area contributed by atoms with Gasteiger partial charge < -0.3 is 11.1 Å². The Bertz CT molecular complexity index is 710. The molecule has 8 heteroatoms. The van der Waals surface area contributed by atoms with Gasteiger partial charge >= 0.3 is 0 Å². The quantitative estimate of drug-likeness (QED) is 0.792. The van der Waals surface area contributed by atoms with Gasteiger partial charge in [-0.2, -0.15) is 5.10 Å². The van der Waals surface area contributed by atoms with Gasteiger partial charge in [0.25, 0.3) is 5.91 Å². The minimum absolute atomic E-state index is 0. The third kappa shape index (κ3) is 5.06. The van der Waals surface area contributed by atoms with Crippen LogP contribution in [0, 0.1) is 6.92 Å². The van der Waals surface area contributed by atoms with Crippen LogP contribution in [0.3, 0.4) is 0 Å². The Morgan fingerprint density at radius 3 is 2.44 bits per heavy atom. The highest BCUT2D eigenvalue weighted by atomic mass is 35.5. The number of nitrogens with two attached hydrogens (primary N) is 1. The fourth-order valence-corrected chi connectivity index (χ4v) is 2.56. The molecule has 0 aliphatic carbocycles. The molecule has 3 N–H and O–H groups in total. The lowest BCUT2D eigenvalue weighted by molar-refractivity contribution is 0.0943. The monoisotopic (exact) mass is 389 g/mol. The number of hydrogen-bond donors (Lipinski definition) is 2. The largest absolute Gasteiger partial charge is 0.350 e. The topological polar surface area (TPSA) is 85.8 Å². The van der Waals surface area contributed by atoms with Crippen molar-refractivity contribution >= 4 is 41.8 Å². The van der Waals surface area contributed by atoms with E-state index in [1.54, 1.807) is 12.3 Å². The molecule has 0 fully saturated rings. The smallest absolute Gasteiger partial charge is 0.252 e. The van der Waals surface area contributed by atoms with Gasteiger partial charge in [0.1, 0.15) is 0 Å². The second kappa shape index (κ2) is 9.36. The molecule has 25 heavy (non-hydrogen) atoms. The Balaban J connectivity index is 0.00000288. The Hall–Kier alpha value is -1.37. The molecule has 0 atom stereocenters. The number of amides is 1. The zero-order valence-electron chi connectivity index (χ0n) is 15.5. The van der Waals surface area contributed by atoms with Crippen molar-refractivity contribution in [2.75, 3.05) is 6.54 Å². The van der Waals surface area contributed by atoms with Crippen LogP contribution in [0.1, 0.15) is 62.6 Å². The molecule has 2 aromatic heterocycles. The van der Waals surface area contributed by atoms with Crippen LogP contribution in [-0.2, 0) is 0 Å². The summed E-state index contributed by atoms with van der Waals surface area (Å²) in [4.78, 5) is 17.2. The summed E-state index contributed by atoms with van der Waals surface area (Å²) in [6.45, 7) is 10.5. The van der Waals surface area contributed by atoms with Crippen LogP contribution in [0.15, 0.2) is 12.3 Å². The number of nitrogens with one attached hydrogen (secondary N) is 1. The molecule has 142 valence electrons. The average molecular weight is 390 g/mol. The van der Waals surface area contributed by atoms with E-state index in [0.29, 0.717) is 12.1 Å². The van der Waals surface area contributed by atoms with Gasteiger partial charge in [-0.15, -0.1) is 24.8 Å². The van der Waals surface area contributed by atoms with Gasteiger partial charge in [-0.05, 0) is 39.7 Å². The molecule has 0 saturated heterocycles. The maximum Gasteiger partial charge on any atom is 0.252 e. The maximum absolute atomic E-state index is 12.6. The van der Waals surface area contributed by atoms with Gasteiger partial charge in [0.15, 0.2) is 5.65 Å². The first-order valence-corrected chi connectivity index (χ1v) is 8.23. The maximum atomic E-state index is 12.6. The summed E-state index contributed by atoms with van der Waals surface area (Å²) in [5.41, 5.74) is 8.06. The van der Waals surface area contributed by atoms with Gasteiger partial charge in [0.05, 0.1) is 17.1 Å². The number of carbonyl (C=O) groups is 1. The van der Waals surface area contributed by atoms with E-state index in [-0.39, 0.29) is 42.3 Å². The fourth-order valence-electron chi connectivity index (χ4n) is 2.56. The summed E-state index contributed by atoms with van der Waals surface area (Å²) in [6.07, 6.45) is 3.35. The van der Waals surface area contributed by atoms with Crippen molar-refractivity contribution in [3.8, 4) is 0 Å². The molecule has 2 rings (SSSR count). The van der Waals surface area contributed by atoms with Crippen LogP contribution in [-0.4, -0.2) is 32.8 Å². The van der Waals surface area contributed by atoms with Gasteiger partial charge in [-0.1, -0.05) is 13.8 Å². The van der Waals surface area contributed by atoms with Gasteiger partial charge in [0, 0.05) is 23.8 Å². The lowest BCUT2D eigenvalue weighted by Gasteiger charge is -2.26. The molecule has 0 spiro atoms. The Morgan fingerprint density at radius 1 is 1.32 bits per heavy atom. The van der Waals surface area contributed by atoms with Crippen molar-refractivity contribution in [1.82, 2.24) is 20.1 Å². The predicted octanol–water partition coefficient (Wildman–Crippen LogP) is 3.41. The number of rotatable bonds is 6. The fraction of sp³-hybridized carbons (Fsp3) is 0.588. The number of pyridine rings is 1. The molecule has 0 aliphatic heterocycles. The second-order valence-electron chi connectivity index (χ2n) is 6.48. The second-order valence-corrected chi connectivity index (χ2v) is 6.48. The van der Waals surface area contributed by atoms with E-state index < -0.39 is 0 Å². The van der Waals surface area contributed by atoms with Gasteiger partial charge in [0.2, 0.25) is 0 Å². The van der Waals surface area contributed by atoms with E-state index in [2.05, 4.69) is 15.4 Å². The number of carbonyl (C=O) groups excluding carboxylic acids is 1. The first-order chi connectivity index (χ1) is 10.8. The highest BCUT2D eigenvalue weighted by Crippen LogP contribution is 2.21. The molecule has 1 amide bonds. The summed E-state index contributed by atoms with van der Waals surface area (Å²) in [5, 5.41) is 8.12. The Morgan fingerprint density at radius 2 is 1.92 bits per heavy atom. The summed E-state index contributed by atoms with van der Waals surface area (Å²) in [6, 6.07) is 2.00. The highest BCUT2D eigenvalue weighted by molar-refractivity contribution is 6.05. The molecule has 0 bridgehead atoms. The molecule has 0 radical (unpaired) electrons. The third-order valence-electron chi connectivity index (χ3n) is 4.44. The third-order valence-corrected chi connectivity index (χ3v) is 4.44. The number of nitrogens with zero attached hydrogens (tertiary/aromatic N) is 3. The first-order valence-electron chi connectivity index (χ1n) is 8.23. The lowest BCUT2D eigenvalue weighted by Crippen LogP contribution is -2.49. The standard InChI is InChI=1S/C17H27N5O.2ClH/c1-6-17(18,7-2)10-19-16(23)13-8-12(5)21-15-14(13)9-20-22(15)11(3)4;;/h8-9,11H,6-7,10,18H2,1-5H3,(H,19,23);2*1H. The van der Waals surface area contributed by atoms with Crippen molar-refractivity contribution in [1.29, 1.82) is 0 Å². The molecule has 6 nitrogen and oxygen atoms in total. The van der Waals surface area contributed by atoms with E-state index in [1.807, 2.05) is 39.3 Å². The van der Waals surface area contributed by atoms with Crippen LogP contribution in [0.2, 0.25) is 0 Å². The van der Waals surface area contributed by atoms with Crippen molar-refractivity contribution in [2.45, 2.75) is 59.0 Å². The number of fused-ring (bicyclic) bond motifs is 1. The number of aromatic nitrogens is 3. The van der Waals surface area contributed by atoms with Crippen molar-refractivity contribution in [3.63, 3.8) is 0 Å². The summed E-state index contributed by atoms with van der Waals surface area (Å²) < 4.78 is 1.84. The number of aryl methyl sites for hydroxylation is 1. The van der Waals surface area contributed by atoms with E-state index in [1.165, 1.54) is 0 Å². The molecule has 0 aliphatic rings. The van der Waals surface area contributed by atoms with Gasteiger partial charge in [-0.25, -0.2) is 9.67 Å². The normalized spacial score (nSPS) is 11.2. The molecule has 0 aromatic carbocycles. The number of halogens is 2. The lowest BCUT2D eigenvalue weighted by atomic mass is 9.94. The Kier molecular flexibility index (Phi) is 8.85. The SMILES string of the molecule is CCC(N)(CC)CNC(=O)c1cc(C)nc2c1cnn2C(C)C.Cl.Cl. The summed E-state index contributed by atoms with van der Waals surface area (Å²) in [5.74, 6) is -0.125. The van der Waals surface area contributed by atoms with E-state index in [9.17, 15) is 4.79 Å². The molecule has 0 unspecified atom stereocenters. The van der Waals surface area contributed by atoms with E-state index in [4.69, 9.17) is 5.73 Å². The minimum Gasteiger partial charge on any atom is -0.350 e. The molecule has 2 heterocycles. The number of hydrogen-bond acceptors (Lipinski definition) is 4. The first kappa shape index (κ1) is 23.6. The van der Waals surface area contributed by atoms with E-state index >= 15 is 0 Å². The highest BCUT2D eigenvalue weighted by Gasteiger charge is 2.23. The van der Waals surface area contributed by atoms with Crippen LogP contribution >= 0.6 is 24.8 Å². The van der Waals surface area contributed by atoms with Crippen LogP contribution < -0.4 is 11.1 Å². The zero-order chi connectivity index (χ0) is 17.2. The van der Waals surface area contributed by atoms with Crippen LogP contribution in [0.25, 0.3) is 11.0 Å². The van der Waals surface area contributed by atoms with Crippen molar-refractivity contribution < 1.29 is 4.79 Å². The summed E-state index contributed by atoms with van der Waals surface area (Å²) >= 11 is 0. The average Bonchev–Trinajstić information content (AvgIpc) is 2.95. The predicted molar refractivity (Wildman–Crippen MR) is 107 cm³/mol. The molecular weight excluding hydrogens is 361 g/mol.